The third kappa shape index (κ3) is 2.64. The van der Waals surface area contributed by atoms with Gasteiger partial charge < -0.3 is 4.90 Å². The van der Waals surface area contributed by atoms with Crippen molar-refractivity contribution in [1.29, 1.82) is 0 Å². The maximum Gasteiger partial charge on any atom is 0.280 e. The lowest BCUT2D eigenvalue weighted by molar-refractivity contribution is 0.0981. The fraction of sp³-hybridized carbons (Fsp3) is 0.190. The molecule has 0 atom stereocenters. The highest BCUT2D eigenvalue weighted by atomic mass is 16.2. The summed E-state index contributed by atoms with van der Waals surface area (Å²) in [5, 5.41) is 5.28. The third-order valence-electron chi connectivity index (χ3n) is 5.21. The summed E-state index contributed by atoms with van der Waals surface area (Å²) in [5.41, 5.74) is 1.49. The molecule has 1 aliphatic rings. The van der Waals surface area contributed by atoms with E-state index in [1.165, 1.54) is 4.68 Å². The first-order valence-corrected chi connectivity index (χ1v) is 9.30. The third-order valence-corrected chi connectivity index (χ3v) is 5.21. The van der Waals surface area contributed by atoms with Gasteiger partial charge in [0, 0.05) is 32.6 Å². The van der Waals surface area contributed by atoms with Crippen LogP contribution in [0.5, 0.6) is 0 Å². The fourth-order valence-electron chi connectivity index (χ4n) is 3.66. The van der Waals surface area contributed by atoms with E-state index in [0.29, 0.717) is 35.5 Å². The first-order chi connectivity index (χ1) is 14.0. The average molecular weight is 386 g/mol. The van der Waals surface area contributed by atoms with E-state index >= 15 is 0 Å². The molecule has 2 aromatic carbocycles. The number of carbonyl (C=O) groups is 1. The largest absolute Gasteiger partial charge is 0.355 e. The molecule has 3 heterocycles. The molecule has 5 rings (SSSR count). The van der Waals surface area contributed by atoms with Crippen LogP contribution in [0.4, 0.5) is 11.6 Å². The lowest BCUT2D eigenvalue weighted by Crippen LogP contribution is -2.44. The normalized spacial score (nSPS) is 13.7. The molecule has 0 radical (unpaired) electrons. The van der Waals surface area contributed by atoms with Gasteiger partial charge in [-0.1, -0.05) is 30.3 Å². The molecule has 0 spiro atoms. The van der Waals surface area contributed by atoms with Gasteiger partial charge in [0.2, 0.25) is 0 Å². The molecule has 4 aromatic rings. The monoisotopic (exact) mass is 386 g/mol. The summed E-state index contributed by atoms with van der Waals surface area (Å²) < 4.78 is 1.21. The zero-order valence-corrected chi connectivity index (χ0v) is 16.0. The molecule has 1 amide bonds. The molecular weight excluding hydrogens is 368 g/mol. The summed E-state index contributed by atoms with van der Waals surface area (Å²) in [6, 6.07) is 14.6. The van der Waals surface area contributed by atoms with Crippen molar-refractivity contribution >= 4 is 39.3 Å². The highest BCUT2D eigenvalue weighted by Crippen LogP contribution is 2.32. The van der Waals surface area contributed by atoms with Crippen molar-refractivity contribution in [1.82, 2.24) is 19.7 Å². The second-order valence-electron chi connectivity index (χ2n) is 7.06. The van der Waals surface area contributed by atoms with Gasteiger partial charge in [-0.2, -0.15) is 5.10 Å². The van der Waals surface area contributed by atoms with E-state index in [9.17, 15) is 9.59 Å². The summed E-state index contributed by atoms with van der Waals surface area (Å²) in [6.45, 7) is 1.07. The molecule has 0 saturated carbocycles. The maximum absolute atomic E-state index is 13.5. The number of nitrogens with zero attached hydrogens (tertiary/aromatic N) is 6. The van der Waals surface area contributed by atoms with E-state index in [1.54, 1.807) is 36.2 Å². The van der Waals surface area contributed by atoms with E-state index in [1.807, 2.05) is 36.2 Å². The number of aryl methyl sites for hydroxylation is 1. The number of aromatic nitrogens is 4. The second kappa shape index (κ2) is 6.37. The molecule has 1 aliphatic heterocycles. The smallest absolute Gasteiger partial charge is 0.280 e. The molecule has 8 nitrogen and oxygen atoms in total. The molecule has 0 unspecified atom stereocenters. The summed E-state index contributed by atoms with van der Waals surface area (Å²) in [7, 11) is 3.49. The first kappa shape index (κ1) is 17.3. The van der Waals surface area contributed by atoms with Gasteiger partial charge in [-0.3, -0.25) is 14.5 Å². The van der Waals surface area contributed by atoms with E-state index in [0.717, 1.165) is 11.0 Å². The van der Waals surface area contributed by atoms with Gasteiger partial charge in [-0.15, -0.1) is 0 Å². The first-order valence-electron chi connectivity index (χ1n) is 9.30. The number of hydrogen-bond donors (Lipinski definition) is 0. The topological polar surface area (TPSA) is 84.2 Å². The number of hydrogen-bond acceptors (Lipinski definition) is 6. The molecule has 0 N–H and O–H groups in total. The molecule has 8 heteroatoms. The van der Waals surface area contributed by atoms with Crippen molar-refractivity contribution in [3.63, 3.8) is 0 Å². The number of benzene rings is 2. The zero-order chi connectivity index (χ0) is 20.1. The fourth-order valence-corrected chi connectivity index (χ4v) is 3.66. The predicted octanol–water partition coefficient (Wildman–Crippen LogP) is 1.97. The minimum atomic E-state index is -0.296. The second-order valence-corrected chi connectivity index (χ2v) is 7.06. The van der Waals surface area contributed by atoms with Crippen LogP contribution in [0.25, 0.3) is 21.8 Å². The van der Waals surface area contributed by atoms with Gasteiger partial charge >= 0.3 is 0 Å². The number of para-hydroxylation sites is 2. The van der Waals surface area contributed by atoms with E-state index in [2.05, 4.69) is 5.10 Å². The van der Waals surface area contributed by atoms with Crippen LogP contribution in [-0.4, -0.2) is 45.8 Å². The highest BCUT2D eigenvalue weighted by Gasteiger charge is 2.31. The Labute approximate surface area is 166 Å². The van der Waals surface area contributed by atoms with E-state index < -0.39 is 0 Å². The van der Waals surface area contributed by atoms with Crippen LogP contribution >= 0.6 is 0 Å². The summed E-state index contributed by atoms with van der Waals surface area (Å²) in [6.07, 6.45) is 0. The van der Waals surface area contributed by atoms with Crippen molar-refractivity contribution in [2.24, 2.45) is 7.05 Å². The van der Waals surface area contributed by atoms with Crippen LogP contribution in [-0.2, 0) is 7.05 Å². The van der Waals surface area contributed by atoms with Crippen molar-refractivity contribution in [3.05, 3.63) is 64.6 Å². The van der Waals surface area contributed by atoms with Crippen molar-refractivity contribution in [2.45, 2.75) is 0 Å². The van der Waals surface area contributed by atoms with Gasteiger partial charge in [-0.05, 0) is 18.2 Å². The summed E-state index contributed by atoms with van der Waals surface area (Å²) in [4.78, 5) is 39.0. The Bertz CT molecular complexity index is 1350. The number of fused-ring (bicyclic) bond motifs is 3. The number of carbonyl (C=O) groups excluding carboxylic acids is 1. The molecular formula is C21H18N6O2. The Kier molecular flexibility index (Phi) is 3.80. The molecule has 0 saturated heterocycles. The predicted molar refractivity (Wildman–Crippen MR) is 111 cm³/mol. The van der Waals surface area contributed by atoms with Crippen molar-refractivity contribution in [3.8, 4) is 0 Å². The average Bonchev–Trinajstić information content (AvgIpc) is 2.75. The molecule has 0 fully saturated rings. The lowest BCUT2D eigenvalue weighted by atomic mass is 10.1. The van der Waals surface area contributed by atoms with Crippen LogP contribution in [0.15, 0.2) is 53.3 Å². The zero-order valence-electron chi connectivity index (χ0n) is 16.0. The van der Waals surface area contributed by atoms with E-state index in [4.69, 9.17) is 9.97 Å². The van der Waals surface area contributed by atoms with Crippen LogP contribution in [0, 0.1) is 0 Å². The molecule has 2 aromatic heterocycles. The van der Waals surface area contributed by atoms with Crippen LogP contribution in [0.2, 0.25) is 0 Å². The molecule has 29 heavy (non-hydrogen) atoms. The Balaban J connectivity index is 1.70. The Hall–Kier alpha value is -3.81. The summed E-state index contributed by atoms with van der Waals surface area (Å²) in [5.74, 6) is 0.857. The van der Waals surface area contributed by atoms with Gasteiger partial charge in [-0.25, -0.2) is 14.6 Å². The highest BCUT2D eigenvalue weighted by molar-refractivity contribution is 6.13. The van der Waals surface area contributed by atoms with Gasteiger partial charge in [0.25, 0.3) is 11.5 Å². The minimum Gasteiger partial charge on any atom is -0.355 e. The quantitative estimate of drug-likeness (QED) is 0.497. The lowest BCUT2D eigenvalue weighted by Gasteiger charge is -2.33. The Morgan fingerprint density at radius 3 is 2.21 bits per heavy atom. The maximum atomic E-state index is 13.5. The standard InChI is InChI=1S/C21H18N6O2/c1-25-11-12-27(19-18(25)22-15-9-5-6-10-16(15)23-19)21(29)17-13-7-3-4-8-14(13)20(28)26(2)24-17/h3-10H,11-12H2,1-2H3. The van der Waals surface area contributed by atoms with Crippen LogP contribution in [0.1, 0.15) is 10.5 Å². The van der Waals surface area contributed by atoms with Crippen LogP contribution < -0.4 is 15.4 Å². The molecule has 0 bridgehead atoms. The molecule has 144 valence electrons. The van der Waals surface area contributed by atoms with Crippen molar-refractivity contribution in [2.75, 3.05) is 29.9 Å². The summed E-state index contributed by atoms with van der Waals surface area (Å²) >= 11 is 0. The van der Waals surface area contributed by atoms with Crippen LogP contribution in [0.3, 0.4) is 0 Å². The Morgan fingerprint density at radius 2 is 1.48 bits per heavy atom. The number of amides is 1. The van der Waals surface area contributed by atoms with E-state index in [-0.39, 0.29) is 17.2 Å². The SMILES string of the molecule is CN1CCN(C(=O)c2nn(C)c(=O)c3ccccc23)c2nc3ccccc3nc21. The van der Waals surface area contributed by atoms with Crippen molar-refractivity contribution < 1.29 is 4.79 Å². The van der Waals surface area contributed by atoms with Gasteiger partial charge in [0.1, 0.15) is 0 Å². The minimum absolute atomic E-state index is 0.230. The number of rotatable bonds is 1. The molecule has 0 aliphatic carbocycles. The Morgan fingerprint density at radius 1 is 0.862 bits per heavy atom. The number of likely N-dealkylation sites (N-methyl/N-ethyl adjacent to an activating group) is 1. The van der Waals surface area contributed by atoms with Gasteiger partial charge in [0.15, 0.2) is 17.3 Å². The van der Waals surface area contributed by atoms with Gasteiger partial charge in [0.05, 0.1) is 16.4 Å². The number of anilines is 2.